The molecule has 0 atom stereocenters. The summed E-state index contributed by atoms with van der Waals surface area (Å²) in [4.78, 5) is 19.3. The van der Waals surface area contributed by atoms with Gasteiger partial charge in [-0.3, -0.25) is 18.8 Å². The third-order valence-electron chi connectivity index (χ3n) is 4.62. The van der Waals surface area contributed by atoms with E-state index in [1.54, 1.807) is 58.0 Å². The van der Waals surface area contributed by atoms with Crippen LogP contribution in [-0.2, 0) is 7.05 Å². The topological polar surface area (TPSA) is 94.3 Å². The molecule has 142 valence electrons. The summed E-state index contributed by atoms with van der Waals surface area (Å²) < 4.78 is 8.85. The maximum absolute atomic E-state index is 13.8. The van der Waals surface area contributed by atoms with E-state index in [-0.39, 0.29) is 5.91 Å². The average Bonchev–Trinajstić information content (AvgIpc) is 3.50. The van der Waals surface area contributed by atoms with Crippen molar-refractivity contribution in [2.24, 2.45) is 7.05 Å². The highest BCUT2D eigenvalue weighted by Gasteiger charge is 2.26. The van der Waals surface area contributed by atoms with Gasteiger partial charge in [-0.2, -0.15) is 5.10 Å². The highest BCUT2D eigenvalue weighted by molar-refractivity contribution is 6.13. The molecule has 9 heteroatoms. The van der Waals surface area contributed by atoms with Crippen LogP contribution in [0.3, 0.4) is 0 Å². The lowest BCUT2D eigenvalue weighted by atomic mass is 10.0. The van der Waals surface area contributed by atoms with Crippen LogP contribution in [0.2, 0.25) is 0 Å². The molecule has 9 nitrogen and oxygen atoms in total. The van der Waals surface area contributed by atoms with Gasteiger partial charge in [0.1, 0.15) is 12.1 Å². The van der Waals surface area contributed by atoms with Crippen LogP contribution in [0.25, 0.3) is 17.0 Å². The fourth-order valence-electron chi connectivity index (χ4n) is 3.24. The predicted octanol–water partition coefficient (Wildman–Crippen LogP) is 3.10. The number of benzene rings is 1. The quantitative estimate of drug-likeness (QED) is 0.472. The van der Waals surface area contributed by atoms with Crippen molar-refractivity contribution < 1.29 is 9.21 Å². The second-order valence-corrected chi connectivity index (χ2v) is 6.35. The van der Waals surface area contributed by atoms with Crippen molar-refractivity contribution in [3.63, 3.8) is 0 Å². The number of carbonyl (C=O) groups is 1. The summed E-state index contributed by atoms with van der Waals surface area (Å²) in [7, 11) is 1.79. The smallest absolute Gasteiger partial charge is 0.264 e. The molecule has 0 saturated carbocycles. The van der Waals surface area contributed by atoms with E-state index in [0.717, 1.165) is 0 Å². The number of oxazole rings is 1. The maximum Gasteiger partial charge on any atom is 0.264 e. The van der Waals surface area contributed by atoms with Crippen molar-refractivity contribution in [1.29, 1.82) is 0 Å². The Morgan fingerprint density at radius 1 is 1.17 bits per heavy atom. The number of nitrogens with zero attached hydrogens (tertiary/aromatic N) is 7. The van der Waals surface area contributed by atoms with Crippen LogP contribution >= 0.6 is 0 Å². The Labute approximate surface area is 164 Å². The van der Waals surface area contributed by atoms with E-state index in [2.05, 4.69) is 20.3 Å². The predicted molar refractivity (Wildman–Crippen MR) is 105 cm³/mol. The van der Waals surface area contributed by atoms with Crippen LogP contribution in [-0.4, -0.2) is 35.3 Å². The lowest BCUT2D eigenvalue weighted by Crippen LogP contribution is -2.28. The van der Waals surface area contributed by atoms with E-state index in [9.17, 15) is 4.79 Å². The number of carbonyl (C=O) groups excluding carboxylic acids is 1. The van der Waals surface area contributed by atoms with Gasteiger partial charge < -0.3 is 4.42 Å². The van der Waals surface area contributed by atoms with Crippen molar-refractivity contribution in [1.82, 2.24) is 29.4 Å². The fourth-order valence-corrected chi connectivity index (χ4v) is 3.24. The van der Waals surface area contributed by atoms with Gasteiger partial charge in [-0.15, -0.1) is 10.2 Å². The minimum Gasteiger partial charge on any atom is -0.443 e. The zero-order valence-electron chi connectivity index (χ0n) is 15.4. The summed E-state index contributed by atoms with van der Waals surface area (Å²) in [6, 6.07) is 12.7. The lowest BCUT2D eigenvalue weighted by Gasteiger charge is -2.23. The van der Waals surface area contributed by atoms with Gasteiger partial charge in [-0.05, 0) is 12.1 Å². The number of amides is 1. The molecule has 1 amide bonds. The monoisotopic (exact) mass is 385 g/mol. The molecule has 5 rings (SSSR count). The van der Waals surface area contributed by atoms with Crippen LogP contribution in [0.4, 0.5) is 11.5 Å². The van der Waals surface area contributed by atoms with Crippen LogP contribution < -0.4 is 4.90 Å². The molecule has 0 N–H and O–H groups in total. The molecule has 0 fully saturated rings. The molecule has 0 bridgehead atoms. The molecule has 4 aromatic heterocycles. The lowest BCUT2D eigenvalue weighted by molar-refractivity contribution is 0.0998. The zero-order valence-corrected chi connectivity index (χ0v) is 15.4. The minimum atomic E-state index is -0.232. The van der Waals surface area contributed by atoms with Crippen molar-refractivity contribution >= 4 is 23.1 Å². The van der Waals surface area contributed by atoms with E-state index in [1.807, 2.05) is 30.5 Å². The van der Waals surface area contributed by atoms with E-state index < -0.39 is 0 Å². The van der Waals surface area contributed by atoms with Gasteiger partial charge >= 0.3 is 0 Å². The summed E-state index contributed by atoms with van der Waals surface area (Å²) in [5.41, 5.74) is 2.41. The molecule has 0 saturated heterocycles. The molecule has 0 spiro atoms. The summed E-state index contributed by atoms with van der Waals surface area (Å²) >= 11 is 0. The standard InChI is InChI=1S/C20H15N7O2/c1-25-19(6-8-23-25)27(14-7-9-26-12-22-24-18(26)10-14)20(28)16-5-3-2-4-15(16)17-11-21-13-29-17/h2-13H,1H3. The molecule has 5 aromatic rings. The number of pyridine rings is 1. The molecule has 0 aliphatic heterocycles. The van der Waals surface area contributed by atoms with Crippen molar-refractivity contribution in [2.75, 3.05) is 4.90 Å². The molecule has 29 heavy (non-hydrogen) atoms. The molecule has 4 heterocycles. The Morgan fingerprint density at radius 2 is 2.07 bits per heavy atom. The summed E-state index contributed by atoms with van der Waals surface area (Å²) in [5, 5.41) is 12.2. The van der Waals surface area contributed by atoms with Crippen molar-refractivity contribution in [2.45, 2.75) is 0 Å². The normalized spacial score (nSPS) is 11.1. The average molecular weight is 385 g/mol. The second kappa shape index (κ2) is 6.71. The first kappa shape index (κ1) is 16.9. The van der Waals surface area contributed by atoms with Crippen LogP contribution in [0.5, 0.6) is 0 Å². The van der Waals surface area contributed by atoms with E-state index in [0.29, 0.717) is 34.0 Å². The SMILES string of the molecule is Cn1nccc1N(C(=O)c1ccccc1-c1cnco1)c1ccn2cnnc2c1. The van der Waals surface area contributed by atoms with E-state index in [1.165, 1.54) is 6.39 Å². The number of hydrogen-bond donors (Lipinski definition) is 0. The van der Waals surface area contributed by atoms with Gasteiger partial charge in [0.2, 0.25) is 0 Å². The molecule has 0 aliphatic rings. The Hall–Kier alpha value is -4.27. The number of fused-ring (bicyclic) bond motifs is 1. The zero-order chi connectivity index (χ0) is 19.8. The first-order chi connectivity index (χ1) is 14.2. The van der Waals surface area contributed by atoms with Crippen LogP contribution in [0.1, 0.15) is 10.4 Å². The number of aromatic nitrogens is 6. The van der Waals surface area contributed by atoms with E-state index in [4.69, 9.17) is 4.42 Å². The van der Waals surface area contributed by atoms with Gasteiger partial charge in [0.05, 0.1) is 23.6 Å². The molecule has 0 radical (unpaired) electrons. The van der Waals surface area contributed by atoms with Crippen LogP contribution in [0, 0.1) is 0 Å². The van der Waals surface area contributed by atoms with Gasteiger partial charge in [0.15, 0.2) is 17.8 Å². The fraction of sp³-hybridized carbons (Fsp3) is 0.0500. The van der Waals surface area contributed by atoms with Gasteiger partial charge in [-0.1, -0.05) is 18.2 Å². The Morgan fingerprint density at radius 3 is 2.86 bits per heavy atom. The maximum atomic E-state index is 13.8. The number of anilines is 2. The summed E-state index contributed by atoms with van der Waals surface area (Å²) in [6.07, 6.45) is 7.99. The Kier molecular flexibility index (Phi) is 3.91. The number of aryl methyl sites for hydroxylation is 1. The molecule has 1 aromatic carbocycles. The minimum absolute atomic E-state index is 0.232. The highest BCUT2D eigenvalue weighted by atomic mass is 16.3. The first-order valence-corrected chi connectivity index (χ1v) is 8.82. The van der Waals surface area contributed by atoms with Gasteiger partial charge in [0.25, 0.3) is 5.91 Å². The largest absolute Gasteiger partial charge is 0.443 e. The van der Waals surface area contributed by atoms with Gasteiger partial charge in [0, 0.05) is 30.9 Å². The van der Waals surface area contributed by atoms with Crippen molar-refractivity contribution in [3.8, 4) is 11.3 Å². The summed E-state index contributed by atoms with van der Waals surface area (Å²) in [6.45, 7) is 0. The molecule has 0 unspecified atom stereocenters. The summed E-state index contributed by atoms with van der Waals surface area (Å²) in [5.74, 6) is 0.905. The Balaban J connectivity index is 1.68. The van der Waals surface area contributed by atoms with Gasteiger partial charge in [-0.25, -0.2) is 4.98 Å². The third kappa shape index (κ3) is 2.85. The van der Waals surface area contributed by atoms with Crippen molar-refractivity contribution in [3.05, 3.63) is 79.3 Å². The van der Waals surface area contributed by atoms with Crippen LogP contribution in [0.15, 0.2) is 78.2 Å². The molecular formula is C20H15N7O2. The highest BCUT2D eigenvalue weighted by Crippen LogP contribution is 2.31. The third-order valence-corrected chi connectivity index (χ3v) is 4.62. The first-order valence-electron chi connectivity index (χ1n) is 8.82. The molecule has 0 aliphatic carbocycles. The Bertz CT molecular complexity index is 1300. The molecular weight excluding hydrogens is 370 g/mol. The van der Waals surface area contributed by atoms with E-state index >= 15 is 0 Å². The number of hydrogen-bond acceptors (Lipinski definition) is 6. The number of rotatable bonds is 4. The second-order valence-electron chi connectivity index (χ2n) is 6.35.